The fourth-order valence-electron chi connectivity index (χ4n) is 2.38. The van der Waals surface area contributed by atoms with Crippen LogP contribution in [0.3, 0.4) is 0 Å². The number of carbonyl (C=O) groups is 1. The van der Waals surface area contributed by atoms with Crippen molar-refractivity contribution in [2.24, 2.45) is 5.92 Å². The number of alkyl halides is 3. The van der Waals surface area contributed by atoms with E-state index in [4.69, 9.17) is 4.74 Å². The number of esters is 1. The second-order valence-electron chi connectivity index (χ2n) is 5.04. The minimum atomic E-state index is -4.67. The lowest BCUT2D eigenvalue weighted by Crippen LogP contribution is -2.42. The van der Waals surface area contributed by atoms with Crippen molar-refractivity contribution in [2.45, 2.75) is 50.3 Å². The largest absolute Gasteiger partial charge is 0.463 e. The molecule has 0 amide bonds. The molecule has 1 aliphatic carbocycles. The van der Waals surface area contributed by atoms with Crippen LogP contribution in [0.4, 0.5) is 13.2 Å². The highest BCUT2D eigenvalue weighted by atomic mass is 19.4. The number of hydrogen-bond acceptors (Lipinski definition) is 3. The average Bonchev–Trinajstić information content (AvgIpc) is 3.10. The smallest absolute Gasteiger partial charge is 0.430 e. The van der Waals surface area contributed by atoms with Gasteiger partial charge in [0.1, 0.15) is 0 Å². The number of rotatable bonds is 4. The summed E-state index contributed by atoms with van der Waals surface area (Å²) in [5.74, 6) is -0.806. The third-order valence-electron chi connectivity index (χ3n) is 3.70. The summed E-state index contributed by atoms with van der Waals surface area (Å²) in [6.07, 6.45) is 1.69. The van der Waals surface area contributed by atoms with Gasteiger partial charge in [-0.15, -0.1) is 0 Å². The first-order valence-corrected chi connectivity index (χ1v) is 6.33. The van der Waals surface area contributed by atoms with Crippen LogP contribution in [-0.4, -0.2) is 31.0 Å². The Balaban J connectivity index is 1.72. The fraction of sp³-hybridized carbons (Fsp3) is 0.917. The standard InChI is InChI=1S/C12H17F3O3/c13-12(14,15)11(8-18-11)10(16)17-7-6-9-4-2-1-3-5-9/h9H,1-8H2. The Labute approximate surface area is 104 Å². The molecule has 0 bridgehead atoms. The Kier molecular flexibility index (Phi) is 3.84. The number of hydrogen-bond donors (Lipinski definition) is 0. The Morgan fingerprint density at radius 1 is 1.28 bits per heavy atom. The van der Waals surface area contributed by atoms with Crippen molar-refractivity contribution in [3.63, 3.8) is 0 Å². The molecule has 2 fully saturated rings. The molecule has 1 saturated carbocycles. The van der Waals surface area contributed by atoms with E-state index in [1.165, 1.54) is 6.42 Å². The van der Waals surface area contributed by atoms with Crippen LogP contribution >= 0.6 is 0 Å². The molecule has 2 aliphatic rings. The van der Waals surface area contributed by atoms with Crippen LogP contribution in [-0.2, 0) is 14.3 Å². The van der Waals surface area contributed by atoms with E-state index >= 15 is 0 Å². The molecule has 6 heteroatoms. The maximum atomic E-state index is 12.5. The highest BCUT2D eigenvalue weighted by molar-refractivity contribution is 5.83. The van der Waals surface area contributed by atoms with E-state index < -0.39 is 24.4 Å². The topological polar surface area (TPSA) is 38.8 Å². The molecule has 0 aromatic rings. The molecular weight excluding hydrogens is 249 g/mol. The molecule has 1 heterocycles. The van der Waals surface area contributed by atoms with Crippen molar-refractivity contribution < 1.29 is 27.4 Å². The summed E-state index contributed by atoms with van der Waals surface area (Å²) in [4.78, 5) is 11.3. The normalized spacial score (nSPS) is 29.1. The molecular formula is C12H17F3O3. The van der Waals surface area contributed by atoms with Crippen molar-refractivity contribution >= 4 is 5.97 Å². The second-order valence-corrected chi connectivity index (χ2v) is 5.04. The van der Waals surface area contributed by atoms with Crippen LogP contribution in [0.5, 0.6) is 0 Å². The number of epoxide rings is 1. The SMILES string of the molecule is O=C(OCCC1CCCCC1)C1(C(F)(F)F)CO1. The van der Waals surface area contributed by atoms with Gasteiger partial charge in [0, 0.05) is 0 Å². The molecule has 3 nitrogen and oxygen atoms in total. The van der Waals surface area contributed by atoms with Gasteiger partial charge in [0.05, 0.1) is 13.2 Å². The van der Waals surface area contributed by atoms with E-state index in [0.29, 0.717) is 12.3 Å². The van der Waals surface area contributed by atoms with Gasteiger partial charge in [0.2, 0.25) is 0 Å². The van der Waals surface area contributed by atoms with Crippen LogP contribution in [0.1, 0.15) is 38.5 Å². The van der Waals surface area contributed by atoms with Crippen molar-refractivity contribution in [1.29, 1.82) is 0 Å². The van der Waals surface area contributed by atoms with E-state index in [1.807, 2.05) is 0 Å². The summed E-state index contributed by atoms with van der Waals surface area (Å²) in [6, 6.07) is 0. The lowest BCUT2D eigenvalue weighted by atomic mass is 9.87. The van der Waals surface area contributed by atoms with Crippen molar-refractivity contribution in [1.82, 2.24) is 0 Å². The third kappa shape index (κ3) is 2.79. The highest BCUT2D eigenvalue weighted by Gasteiger charge is 2.72. The monoisotopic (exact) mass is 266 g/mol. The fourth-order valence-corrected chi connectivity index (χ4v) is 2.38. The molecule has 0 aromatic heterocycles. The van der Waals surface area contributed by atoms with Gasteiger partial charge in [0.25, 0.3) is 5.60 Å². The van der Waals surface area contributed by atoms with Crippen LogP contribution in [0.15, 0.2) is 0 Å². The van der Waals surface area contributed by atoms with Gasteiger partial charge in [-0.05, 0) is 12.3 Å². The lowest BCUT2D eigenvalue weighted by molar-refractivity contribution is -0.204. The van der Waals surface area contributed by atoms with Crippen molar-refractivity contribution in [3.8, 4) is 0 Å². The zero-order valence-electron chi connectivity index (χ0n) is 10.1. The molecule has 0 N–H and O–H groups in total. The molecule has 0 radical (unpaired) electrons. The zero-order chi connectivity index (χ0) is 13.2. The second kappa shape index (κ2) is 5.07. The first kappa shape index (κ1) is 13.6. The van der Waals surface area contributed by atoms with E-state index in [2.05, 4.69) is 4.74 Å². The predicted octanol–water partition coefficient (Wildman–Crippen LogP) is 2.83. The van der Waals surface area contributed by atoms with Gasteiger partial charge in [-0.3, -0.25) is 0 Å². The lowest BCUT2D eigenvalue weighted by Gasteiger charge is -2.21. The summed E-state index contributed by atoms with van der Waals surface area (Å²) >= 11 is 0. The molecule has 1 atom stereocenters. The summed E-state index contributed by atoms with van der Waals surface area (Å²) < 4.78 is 46.5. The molecule has 1 aliphatic heterocycles. The molecule has 1 saturated heterocycles. The third-order valence-corrected chi connectivity index (χ3v) is 3.70. The first-order valence-electron chi connectivity index (χ1n) is 6.33. The number of carbonyl (C=O) groups excluding carboxylic acids is 1. The maximum absolute atomic E-state index is 12.5. The Bertz CT molecular complexity index is 304. The van der Waals surface area contributed by atoms with E-state index in [9.17, 15) is 18.0 Å². The van der Waals surface area contributed by atoms with Gasteiger partial charge >= 0.3 is 12.1 Å². The molecule has 1 unspecified atom stereocenters. The minimum Gasteiger partial charge on any atom is -0.463 e. The summed E-state index contributed by atoms with van der Waals surface area (Å²) in [7, 11) is 0. The van der Waals surface area contributed by atoms with Gasteiger partial charge in [0.15, 0.2) is 0 Å². The van der Waals surface area contributed by atoms with Crippen LogP contribution in [0.2, 0.25) is 0 Å². The molecule has 18 heavy (non-hydrogen) atoms. The van der Waals surface area contributed by atoms with Gasteiger partial charge in [-0.2, -0.15) is 13.2 Å². The van der Waals surface area contributed by atoms with E-state index in [-0.39, 0.29) is 6.61 Å². The van der Waals surface area contributed by atoms with Crippen molar-refractivity contribution in [2.75, 3.05) is 13.2 Å². The Hall–Kier alpha value is -0.780. The van der Waals surface area contributed by atoms with E-state index in [1.54, 1.807) is 0 Å². The quantitative estimate of drug-likeness (QED) is 0.580. The summed E-state index contributed by atoms with van der Waals surface area (Å²) in [6.45, 7) is -0.552. The first-order chi connectivity index (χ1) is 8.46. The Morgan fingerprint density at radius 3 is 2.39 bits per heavy atom. The molecule has 0 spiro atoms. The minimum absolute atomic E-state index is 0.0602. The zero-order valence-corrected chi connectivity index (χ0v) is 10.1. The molecule has 0 aromatic carbocycles. The van der Waals surface area contributed by atoms with Crippen LogP contribution < -0.4 is 0 Å². The van der Waals surface area contributed by atoms with E-state index in [0.717, 1.165) is 25.7 Å². The van der Waals surface area contributed by atoms with Crippen molar-refractivity contribution in [3.05, 3.63) is 0 Å². The summed E-state index contributed by atoms with van der Waals surface area (Å²) in [5, 5.41) is 0. The van der Waals surface area contributed by atoms with Gasteiger partial charge in [-0.1, -0.05) is 32.1 Å². The van der Waals surface area contributed by atoms with Gasteiger partial charge in [-0.25, -0.2) is 4.79 Å². The molecule has 104 valence electrons. The highest BCUT2D eigenvalue weighted by Crippen LogP contribution is 2.44. The average molecular weight is 266 g/mol. The van der Waals surface area contributed by atoms with Crippen LogP contribution in [0, 0.1) is 5.92 Å². The maximum Gasteiger partial charge on any atom is 0.430 e. The Morgan fingerprint density at radius 2 is 1.89 bits per heavy atom. The predicted molar refractivity (Wildman–Crippen MR) is 56.9 cm³/mol. The molecule has 2 rings (SSSR count). The summed E-state index contributed by atoms with van der Waals surface area (Å²) in [5.41, 5.74) is -2.67. The number of halogens is 3. The van der Waals surface area contributed by atoms with Gasteiger partial charge < -0.3 is 9.47 Å². The van der Waals surface area contributed by atoms with Crippen LogP contribution in [0.25, 0.3) is 0 Å². The number of ether oxygens (including phenoxy) is 2.